The van der Waals surface area contributed by atoms with Gasteiger partial charge in [0, 0.05) is 47.2 Å². The Hall–Kier alpha value is -5.94. The number of aromatic amines is 1. The molecule has 5 rings (SSSR count). The number of benzene rings is 1. The van der Waals surface area contributed by atoms with Crippen LogP contribution in [0.25, 0.3) is 10.9 Å². The van der Waals surface area contributed by atoms with Gasteiger partial charge >= 0.3 is 0 Å². The maximum Gasteiger partial charge on any atom is 0.248 e. The molecule has 2 bridgehead atoms. The van der Waals surface area contributed by atoms with Crippen LogP contribution in [0.5, 0.6) is 0 Å². The van der Waals surface area contributed by atoms with E-state index in [4.69, 9.17) is 11.5 Å². The van der Waals surface area contributed by atoms with Crippen molar-refractivity contribution in [1.82, 2.24) is 47.1 Å². The number of nitrogens with one attached hydrogen (secondary N) is 8. The average Bonchev–Trinajstić information content (AvgIpc) is 3.80. The molecule has 22 nitrogen and oxygen atoms in total. The van der Waals surface area contributed by atoms with E-state index < -0.39 is 150 Å². The quantitative estimate of drug-likeness (QED) is 0.0978. The van der Waals surface area contributed by atoms with Crippen LogP contribution < -0.4 is 48.7 Å². The fourth-order valence-corrected chi connectivity index (χ4v) is 9.00. The summed E-state index contributed by atoms with van der Waals surface area (Å²) in [5, 5.41) is 28.8. The van der Waals surface area contributed by atoms with E-state index in [2.05, 4.69) is 42.2 Å². The van der Waals surface area contributed by atoms with Gasteiger partial charge in [-0.2, -0.15) is 0 Å². The van der Waals surface area contributed by atoms with Crippen molar-refractivity contribution in [3.05, 3.63) is 23.8 Å². The van der Waals surface area contributed by atoms with Gasteiger partial charge in [-0.05, 0) is 24.0 Å². The number of hydrogen-bond donors (Lipinski definition) is 11. The van der Waals surface area contributed by atoms with E-state index in [-0.39, 0.29) is 23.4 Å². The zero-order valence-corrected chi connectivity index (χ0v) is 35.6. The van der Waals surface area contributed by atoms with Crippen LogP contribution in [0.4, 0.5) is 5.69 Å². The molecular weight excluding hydrogens is 831 g/mol. The number of rotatable bonds is 6. The Labute approximate surface area is 359 Å². The summed E-state index contributed by atoms with van der Waals surface area (Å²) in [6.07, 6.45) is -1.93. The minimum Gasteiger partial charge on any atom is -0.610 e. The van der Waals surface area contributed by atoms with Crippen molar-refractivity contribution >= 4 is 80.9 Å². The normalized spacial score (nSPS) is 28.5. The summed E-state index contributed by atoms with van der Waals surface area (Å²) in [5.74, 6) is -9.93. The van der Waals surface area contributed by atoms with E-state index in [1.165, 1.54) is 6.07 Å². The molecule has 338 valence electrons. The number of primary amides is 1. The van der Waals surface area contributed by atoms with Gasteiger partial charge in [-0.25, -0.2) is 0 Å². The summed E-state index contributed by atoms with van der Waals surface area (Å²) in [6, 6.07) is -4.26. The number of amides is 9. The van der Waals surface area contributed by atoms with Crippen molar-refractivity contribution in [1.29, 1.82) is 0 Å². The van der Waals surface area contributed by atoms with Crippen LogP contribution in [0.2, 0.25) is 0 Å². The van der Waals surface area contributed by atoms with Crippen molar-refractivity contribution in [2.24, 2.45) is 17.6 Å². The van der Waals surface area contributed by atoms with Crippen molar-refractivity contribution in [2.45, 2.75) is 107 Å². The SMILES string of the molecule is CC[C@H](C)[C@@H]1NC(=O)CNC(=O)[C@@H]2Cc3c([nH]c4cc(N)ccc34)[S+]([O-])C[C@H](NC(=O)CNC1=O)C(=O)N[C@@H](CC(N)=O)C(=O)N1C[C@H](O)C[C@H]1C(=O)N[C@@H]([C@@H](C)CC)C(=O)N2. The number of fused-ring (bicyclic) bond motifs is 5. The van der Waals surface area contributed by atoms with Gasteiger partial charge in [0.05, 0.1) is 31.1 Å². The molecule has 0 saturated carbocycles. The largest absolute Gasteiger partial charge is 0.610 e. The Bertz CT molecular complexity index is 2100. The number of nitrogens with zero attached hydrogens (tertiary/aromatic N) is 1. The number of aromatic nitrogens is 1. The molecule has 4 heterocycles. The first-order valence-corrected chi connectivity index (χ1v) is 21.7. The summed E-state index contributed by atoms with van der Waals surface area (Å²) in [5.41, 5.74) is 12.5. The second-order valence-electron chi connectivity index (χ2n) is 16.0. The zero-order valence-electron chi connectivity index (χ0n) is 34.8. The Morgan fingerprint density at radius 1 is 0.839 bits per heavy atom. The molecule has 9 amide bonds. The molecule has 1 aromatic heterocycles. The lowest BCUT2D eigenvalue weighted by molar-refractivity contribution is -0.143. The molecule has 3 aliphatic rings. The van der Waals surface area contributed by atoms with Gasteiger partial charge in [0.2, 0.25) is 58.2 Å². The fourth-order valence-electron chi connectivity index (χ4n) is 7.61. The van der Waals surface area contributed by atoms with Gasteiger partial charge in [-0.1, -0.05) is 46.6 Å². The van der Waals surface area contributed by atoms with E-state index >= 15 is 0 Å². The van der Waals surface area contributed by atoms with Gasteiger partial charge in [0.25, 0.3) is 0 Å². The highest BCUT2D eigenvalue weighted by Gasteiger charge is 2.45. The monoisotopic (exact) mass is 885 g/mol. The smallest absolute Gasteiger partial charge is 0.248 e. The third-order valence-electron chi connectivity index (χ3n) is 11.5. The summed E-state index contributed by atoms with van der Waals surface area (Å²) < 4.78 is 14.6. The third-order valence-corrected chi connectivity index (χ3v) is 12.9. The Kier molecular flexibility index (Phi) is 15.4. The van der Waals surface area contributed by atoms with E-state index in [1.54, 1.807) is 39.8 Å². The lowest BCUT2D eigenvalue weighted by atomic mass is 9.96. The fraction of sp³-hybridized carbons (Fsp3) is 0.564. The number of hydrogen-bond acceptors (Lipinski definition) is 12. The summed E-state index contributed by atoms with van der Waals surface area (Å²) in [6.45, 7) is 5.08. The molecular formula is C39H55N11O11S. The lowest BCUT2D eigenvalue weighted by Gasteiger charge is -2.32. The minimum atomic E-state index is -2.27. The number of aliphatic hydroxyl groups excluding tert-OH is 1. The number of H-pyrrole nitrogens is 1. The first-order valence-electron chi connectivity index (χ1n) is 20.4. The molecule has 23 heteroatoms. The highest BCUT2D eigenvalue weighted by Crippen LogP contribution is 2.30. The van der Waals surface area contributed by atoms with E-state index in [0.29, 0.717) is 29.4 Å². The maximum absolute atomic E-state index is 14.6. The predicted molar refractivity (Wildman–Crippen MR) is 222 cm³/mol. The molecule has 0 spiro atoms. The zero-order chi connectivity index (χ0) is 45.6. The molecule has 1 aromatic carbocycles. The van der Waals surface area contributed by atoms with E-state index in [0.717, 1.165) is 4.90 Å². The van der Waals surface area contributed by atoms with Gasteiger partial charge in [0.15, 0.2) is 6.04 Å². The standard InChI is InChI=1S/C39H55N11O11S/c1-5-17(3)31-36(58)43-13-29(53)44-26-16-62(61)38-22(21-8-7-19(40)9-23(21)47-38)11-24(33(55)42-14-30(54)48-31)45-37(59)32(18(4)6-2)49-35(57)27-10-20(51)15-50(27)39(60)25(12-28(41)52)46-34(26)56/h7-9,17-18,20,24-27,31-32,47,51H,5-6,10-16,40H2,1-4H3,(H2,41,52)(H,42,55)(H,43,58)(H,44,53)(H,45,59)(H,46,56)(H,48,54)(H,49,57)/t17-,18-,20+,24-,25-,26-,27-,31-,32-,62?/m0/s1. The average molecular weight is 886 g/mol. The lowest BCUT2D eigenvalue weighted by Crippen LogP contribution is -2.61. The first kappa shape index (κ1) is 47.1. The van der Waals surface area contributed by atoms with Gasteiger partial charge in [-0.15, -0.1) is 0 Å². The highest BCUT2D eigenvalue weighted by atomic mass is 32.2. The molecule has 2 aromatic rings. The molecule has 0 aliphatic carbocycles. The molecule has 62 heavy (non-hydrogen) atoms. The topological polar surface area (TPSA) is 352 Å². The second-order valence-corrected chi connectivity index (χ2v) is 17.4. The van der Waals surface area contributed by atoms with Crippen LogP contribution in [0.3, 0.4) is 0 Å². The van der Waals surface area contributed by atoms with Crippen molar-refractivity contribution in [3.63, 3.8) is 0 Å². The molecule has 1 saturated heterocycles. The number of carbonyl (C=O) groups excluding carboxylic acids is 9. The number of nitrogen functional groups attached to an aromatic ring is 1. The molecule has 1 unspecified atom stereocenters. The highest BCUT2D eigenvalue weighted by molar-refractivity contribution is 7.91. The summed E-state index contributed by atoms with van der Waals surface area (Å²) in [4.78, 5) is 128. The van der Waals surface area contributed by atoms with Crippen LogP contribution in [-0.4, -0.2) is 140 Å². The van der Waals surface area contributed by atoms with E-state index in [1.807, 2.05) is 0 Å². The molecule has 0 radical (unpaired) electrons. The molecule has 13 N–H and O–H groups in total. The van der Waals surface area contributed by atoms with Crippen molar-refractivity contribution < 1.29 is 52.8 Å². The molecule has 10 atom stereocenters. The van der Waals surface area contributed by atoms with Crippen molar-refractivity contribution in [2.75, 3.05) is 31.1 Å². The number of anilines is 1. The Balaban J connectivity index is 1.71. The van der Waals surface area contributed by atoms with Gasteiger partial charge < -0.3 is 68.2 Å². The summed E-state index contributed by atoms with van der Waals surface area (Å²) >= 11 is -2.27. The number of carbonyl (C=O) groups is 9. The van der Waals surface area contributed by atoms with Gasteiger partial charge in [0.1, 0.15) is 36.0 Å². The second kappa shape index (κ2) is 20.3. The Morgan fingerprint density at radius 3 is 2.11 bits per heavy atom. The van der Waals surface area contributed by atoms with Crippen LogP contribution in [-0.2, 0) is 60.7 Å². The summed E-state index contributed by atoms with van der Waals surface area (Å²) in [7, 11) is 0. The van der Waals surface area contributed by atoms with Crippen molar-refractivity contribution in [3.8, 4) is 0 Å². The maximum atomic E-state index is 14.6. The van der Waals surface area contributed by atoms with Crippen LogP contribution in [0.1, 0.15) is 58.9 Å². The van der Waals surface area contributed by atoms with E-state index in [9.17, 15) is 52.8 Å². The number of nitrogens with two attached hydrogens (primary N) is 2. The third kappa shape index (κ3) is 11.1. The van der Waals surface area contributed by atoms with Crippen LogP contribution in [0, 0.1) is 11.8 Å². The molecule has 1 fully saturated rings. The predicted octanol–water partition coefficient (Wildman–Crippen LogP) is -3.99. The molecule has 3 aliphatic heterocycles. The number of aliphatic hydroxyl groups is 1. The van der Waals surface area contributed by atoms with Crippen LogP contribution >= 0.6 is 0 Å². The minimum absolute atomic E-state index is 0.0418. The van der Waals surface area contributed by atoms with Crippen LogP contribution in [0.15, 0.2) is 23.2 Å². The first-order chi connectivity index (χ1) is 29.3. The Morgan fingerprint density at radius 2 is 1.47 bits per heavy atom. The van der Waals surface area contributed by atoms with Gasteiger partial charge in [-0.3, -0.25) is 43.2 Å².